The number of piperidine rings is 1. The number of amides is 2. The minimum atomic E-state index is -0.558. The minimum Gasteiger partial charge on any atom is -0.396 e. The van der Waals surface area contributed by atoms with Gasteiger partial charge < -0.3 is 20.7 Å². The van der Waals surface area contributed by atoms with Gasteiger partial charge in [0.2, 0.25) is 5.91 Å². The van der Waals surface area contributed by atoms with Crippen molar-refractivity contribution in [3.05, 3.63) is 23.5 Å². The molecule has 0 spiro atoms. The van der Waals surface area contributed by atoms with Gasteiger partial charge in [-0.15, -0.1) is 0 Å². The van der Waals surface area contributed by atoms with Crippen molar-refractivity contribution < 1.29 is 14.7 Å². The molecule has 6 heteroatoms. The van der Waals surface area contributed by atoms with Gasteiger partial charge >= 0.3 is 0 Å². The first-order valence-electron chi connectivity index (χ1n) is 6.00. The van der Waals surface area contributed by atoms with E-state index in [-0.39, 0.29) is 18.4 Å². The number of aromatic nitrogens is 1. The molecule has 1 aromatic heterocycles. The van der Waals surface area contributed by atoms with Crippen LogP contribution in [0.2, 0.25) is 0 Å². The van der Waals surface area contributed by atoms with Crippen molar-refractivity contribution in [2.24, 2.45) is 11.7 Å². The van der Waals surface area contributed by atoms with E-state index in [1.54, 1.807) is 4.90 Å². The molecule has 2 rings (SSSR count). The Morgan fingerprint density at radius 1 is 1.56 bits per heavy atom. The molecular weight excluding hydrogens is 234 g/mol. The lowest BCUT2D eigenvalue weighted by Crippen LogP contribution is -2.41. The van der Waals surface area contributed by atoms with Crippen LogP contribution in [0.5, 0.6) is 0 Å². The first-order chi connectivity index (χ1) is 8.61. The van der Waals surface area contributed by atoms with Gasteiger partial charge in [-0.25, -0.2) is 0 Å². The molecule has 2 amide bonds. The molecule has 0 bridgehead atoms. The van der Waals surface area contributed by atoms with Crippen molar-refractivity contribution >= 4 is 11.8 Å². The number of hydrogen-bond acceptors (Lipinski definition) is 3. The maximum absolute atomic E-state index is 12.2. The molecule has 18 heavy (non-hydrogen) atoms. The summed E-state index contributed by atoms with van der Waals surface area (Å²) in [5.41, 5.74) is 5.80. The molecule has 0 saturated carbocycles. The van der Waals surface area contributed by atoms with Crippen LogP contribution in [0.25, 0.3) is 0 Å². The number of carbonyl (C=O) groups excluding carboxylic acids is 2. The molecule has 2 heterocycles. The van der Waals surface area contributed by atoms with Gasteiger partial charge in [0.15, 0.2) is 0 Å². The van der Waals surface area contributed by atoms with E-state index < -0.39 is 5.91 Å². The van der Waals surface area contributed by atoms with Crippen molar-refractivity contribution in [3.63, 3.8) is 0 Å². The van der Waals surface area contributed by atoms with Gasteiger partial charge in [0, 0.05) is 25.9 Å². The van der Waals surface area contributed by atoms with E-state index in [0.29, 0.717) is 24.3 Å². The summed E-state index contributed by atoms with van der Waals surface area (Å²) in [6.07, 6.45) is 3.26. The molecule has 1 atom stereocenters. The third-order valence-corrected chi connectivity index (χ3v) is 3.26. The molecule has 0 aromatic carbocycles. The molecule has 1 aliphatic heterocycles. The SMILES string of the molecule is NC(=O)c1c[nH]c(C(=O)N2CCCC(CO)C2)c1. The number of primary amides is 1. The van der Waals surface area contributed by atoms with E-state index in [1.807, 2.05) is 0 Å². The smallest absolute Gasteiger partial charge is 0.270 e. The monoisotopic (exact) mass is 251 g/mol. The molecule has 1 fully saturated rings. The predicted molar refractivity (Wildman–Crippen MR) is 65.0 cm³/mol. The van der Waals surface area contributed by atoms with Crippen molar-refractivity contribution in [2.45, 2.75) is 12.8 Å². The van der Waals surface area contributed by atoms with Crippen LogP contribution < -0.4 is 5.73 Å². The number of H-pyrrole nitrogens is 1. The number of aliphatic hydroxyl groups is 1. The summed E-state index contributed by atoms with van der Waals surface area (Å²) < 4.78 is 0. The summed E-state index contributed by atoms with van der Waals surface area (Å²) in [6.45, 7) is 1.33. The van der Waals surface area contributed by atoms with Crippen LogP contribution in [0.3, 0.4) is 0 Å². The molecule has 1 unspecified atom stereocenters. The lowest BCUT2D eigenvalue weighted by atomic mass is 9.99. The zero-order valence-electron chi connectivity index (χ0n) is 10.1. The average Bonchev–Trinajstić information content (AvgIpc) is 2.87. The predicted octanol–water partition coefficient (Wildman–Crippen LogP) is -0.0419. The van der Waals surface area contributed by atoms with E-state index in [2.05, 4.69) is 4.98 Å². The normalized spacial score (nSPS) is 19.8. The molecule has 1 saturated heterocycles. The molecule has 1 aromatic rings. The van der Waals surface area contributed by atoms with Crippen molar-refractivity contribution in [1.82, 2.24) is 9.88 Å². The second-order valence-electron chi connectivity index (χ2n) is 4.61. The van der Waals surface area contributed by atoms with Gasteiger partial charge in [0.1, 0.15) is 5.69 Å². The average molecular weight is 251 g/mol. The van der Waals surface area contributed by atoms with E-state index in [9.17, 15) is 9.59 Å². The summed E-state index contributed by atoms with van der Waals surface area (Å²) in [5, 5.41) is 9.13. The highest BCUT2D eigenvalue weighted by atomic mass is 16.3. The Bertz CT molecular complexity index is 455. The molecule has 1 aliphatic rings. The third kappa shape index (κ3) is 2.53. The summed E-state index contributed by atoms with van der Waals surface area (Å²) >= 11 is 0. The van der Waals surface area contributed by atoms with Crippen LogP contribution in [0.1, 0.15) is 33.7 Å². The Morgan fingerprint density at radius 2 is 2.33 bits per heavy atom. The number of nitrogens with one attached hydrogen (secondary N) is 1. The number of aliphatic hydroxyl groups excluding tert-OH is 1. The van der Waals surface area contributed by atoms with Gasteiger partial charge in [-0.1, -0.05) is 0 Å². The fourth-order valence-electron chi connectivity index (χ4n) is 2.23. The first kappa shape index (κ1) is 12.6. The van der Waals surface area contributed by atoms with E-state index in [0.717, 1.165) is 12.8 Å². The maximum Gasteiger partial charge on any atom is 0.270 e. The van der Waals surface area contributed by atoms with E-state index >= 15 is 0 Å². The number of nitrogens with two attached hydrogens (primary N) is 1. The number of likely N-dealkylation sites (tertiary alicyclic amines) is 1. The number of hydrogen-bond donors (Lipinski definition) is 3. The largest absolute Gasteiger partial charge is 0.396 e. The number of aromatic amines is 1. The maximum atomic E-state index is 12.2. The van der Waals surface area contributed by atoms with Crippen LogP contribution in [0, 0.1) is 5.92 Å². The summed E-state index contributed by atoms with van der Waals surface area (Å²) in [6, 6.07) is 1.47. The van der Waals surface area contributed by atoms with Crippen molar-refractivity contribution in [2.75, 3.05) is 19.7 Å². The van der Waals surface area contributed by atoms with Gasteiger partial charge in [-0.05, 0) is 24.8 Å². The van der Waals surface area contributed by atoms with Crippen LogP contribution in [0.4, 0.5) is 0 Å². The second-order valence-corrected chi connectivity index (χ2v) is 4.61. The first-order valence-corrected chi connectivity index (χ1v) is 6.00. The quantitative estimate of drug-likeness (QED) is 0.702. The van der Waals surface area contributed by atoms with Gasteiger partial charge in [0.25, 0.3) is 5.91 Å². The summed E-state index contributed by atoms with van der Waals surface area (Å²) in [5.74, 6) is -0.564. The Balaban J connectivity index is 2.07. The van der Waals surface area contributed by atoms with Gasteiger partial charge in [0.05, 0.1) is 5.56 Å². The van der Waals surface area contributed by atoms with Crippen molar-refractivity contribution in [1.29, 1.82) is 0 Å². The minimum absolute atomic E-state index is 0.0983. The number of rotatable bonds is 3. The van der Waals surface area contributed by atoms with Crippen LogP contribution in [-0.2, 0) is 0 Å². The Kier molecular flexibility index (Phi) is 3.66. The fourth-order valence-corrected chi connectivity index (χ4v) is 2.23. The fraction of sp³-hybridized carbons (Fsp3) is 0.500. The lowest BCUT2D eigenvalue weighted by molar-refractivity contribution is 0.0615. The Labute approximate surface area is 105 Å². The van der Waals surface area contributed by atoms with E-state index in [1.165, 1.54) is 12.3 Å². The van der Waals surface area contributed by atoms with Crippen LogP contribution in [0.15, 0.2) is 12.3 Å². The summed E-state index contributed by atoms with van der Waals surface area (Å²) in [7, 11) is 0. The zero-order chi connectivity index (χ0) is 13.1. The highest BCUT2D eigenvalue weighted by Gasteiger charge is 2.25. The standard InChI is InChI=1S/C12H17N3O3/c13-11(17)9-4-10(14-5-9)12(18)15-3-1-2-8(6-15)7-16/h4-5,8,14,16H,1-3,6-7H2,(H2,13,17). The molecule has 98 valence electrons. The van der Waals surface area contributed by atoms with Gasteiger partial charge in [-0.2, -0.15) is 0 Å². The third-order valence-electron chi connectivity index (χ3n) is 3.26. The highest BCUT2D eigenvalue weighted by molar-refractivity contribution is 5.98. The van der Waals surface area contributed by atoms with Gasteiger partial charge in [-0.3, -0.25) is 9.59 Å². The molecule has 4 N–H and O–H groups in total. The van der Waals surface area contributed by atoms with Crippen LogP contribution in [-0.4, -0.2) is 46.5 Å². The molecule has 0 radical (unpaired) electrons. The van der Waals surface area contributed by atoms with E-state index in [4.69, 9.17) is 10.8 Å². The summed E-state index contributed by atoms with van der Waals surface area (Å²) in [4.78, 5) is 27.6. The Hall–Kier alpha value is -1.82. The van der Waals surface area contributed by atoms with Crippen molar-refractivity contribution in [3.8, 4) is 0 Å². The molecular formula is C12H17N3O3. The number of carbonyl (C=O) groups is 2. The second kappa shape index (κ2) is 5.22. The molecule has 0 aliphatic carbocycles. The lowest BCUT2D eigenvalue weighted by Gasteiger charge is -2.31. The Morgan fingerprint density at radius 3 is 2.94 bits per heavy atom. The number of nitrogens with zero attached hydrogens (tertiary/aromatic N) is 1. The van der Waals surface area contributed by atoms with Crippen LogP contribution >= 0.6 is 0 Å². The highest BCUT2D eigenvalue weighted by Crippen LogP contribution is 2.18. The zero-order valence-corrected chi connectivity index (χ0v) is 10.1. The topological polar surface area (TPSA) is 99.4 Å². The molecule has 6 nitrogen and oxygen atoms in total.